The van der Waals surface area contributed by atoms with Crippen LogP contribution in [0.15, 0.2) is 47.6 Å². The van der Waals surface area contributed by atoms with Crippen molar-refractivity contribution >= 4 is 29.0 Å². The van der Waals surface area contributed by atoms with E-state index in [1.807, 2.05) is 0 Å². The third-order valence-electron chi connectivity index (χ3n) is 3.66. The standard InChI is InChI=1S/C17H15N5O4S/c1-10-6-7-11(22(25)26)8-13(10)18-15(24)9-27-17-19-16(20-21-17)12-4-2-3-5-14(12)23/h2-8,23H,9H2,1H3,(H,18,24)(H,19,20,21). The average molecular weight is 385 g/mol. The first-order valence-electron chi connectivity index (χ1n) is 7.82. The first kappa shape index (κ1) is 18.4. The molecule has 0 aliphatic carbocycles. The molecule has 3 rings (SSSR count). The first-order valence-corrected chi connectivity index (χ1v) is 8.81. The number of H-pyrrole nitrogens is 1. The van der Waals surface area contributed by atoms with Gasteiger partial charge in [-0.2, -0.15) is 0 Å². The zero-order chi connectivity index (χ0) is 19.4. The lowest BCUT2D eigenvalue weighted by Gasteiger charge is -2.07. The van der Waals surface area contributed by atoms with Crippen LogP contribution in [0, 0.1) is 17.0 Å². The molecule has 138 valence electrons. The van der Waals surface area contributed by atoms with Gasteiger partial charge < -0.3 is 10.4 Å². The largest absolute Gasteiger partial charge is 0.507 e. The lowest BCUT2D eigenvalue weighted by Crippen LogP contribution is -2.15. The molecule has 0 aliphatic rings. The monoisotopic (exact) mass is 385 g/mol. The lowest BCUT2D eigenvalue weighted by atomic mass is 10.2. The second kappa shape index (κ2) is 7.87. The number of phenols is 1. The highest BCUT2D eigenvalue weighted by Gasteiger charge is 2.14. The molecule has 3 aromatic rings. The number of aromatic hydroxyl groups is 1. The number of carbonyl (C=O) groups is 1. The van der Waals surface area contributed by atoms with E-state index in [1.165, 1.54) is 12.1 Å². The number of aromatic amines is 1. The molecule has 0 atom stereocenters. The van der Waals surface area contributed by atoms with Gasteiger partial charge in [-0.1, -0.05) is 30.0 Å². The number of non-ortho nitro benzene ring substituents is 1. The summed E-state index contributed by atoms with van der Waals surface area (Å²) in [5, 5.41) is 30.4. The van der Waals surface area contributed by atoms with E-state index >= 15 is 0 Å². The molecule has 0 saturated carbocycles. The van der Waals surface area contributed by atoms with Crippen molar-refractivity contribution in [1.29, 1.82) is 0 Å². The molecular formula is C17H15N5O4S. The quantitative estimate of drug-likeness (QED) is 0.337. The number of aryl methyl sites for hydroxylation is 1. The van der Waals surface area contributed by atoms with Gasteiger partial charge in [0.25, 0.3) is 5.69 Å². The van der Waals surface area contributed by atoms with Crippen LogP contribution in [0.4, 0.5) is 11.4 Å². The molecule has 0 unspecified atom stereocenters. The average Bonchev–Trinajstić information content (AvgIpc) is 3.11. The highest BCUT2D eigenvalue weighted by molar-refractivity contribution is 7.99. The van der Waals surface area contributed by atoms with E-state index in [2.05, 4.69) is 20.5 Å². The molecule has 0 aliphatic heterocycles. The Labute approximate surface area is 158 Å². The van der Waals surface area contributed by atoms with Crippen molar-refractivity contribution in [3.8, 4) is 17.1 Å². The van der Waals surface area contributed by atoms with Gasteiger partial charge in [0.2, 0.25) is 11.1 Å². The number of aromatic nitrogens is 3. The molecule has 2 aromatic carbocycles. The molecule has 0 radical (unpaired) electrons. The Morgan fingerprint density at radius 1 is 1.33 bits per heavy atom. The number of thioether (sulfide) groups is 1. The maximum atomic E-state index is 12.1. The second-order valence-corrected chi connectivity index (χ2v) is 6.52. The number of nitro groups is 1. The first-order chi connectivity index (χ1) is 12.9. The van der Waals surface area contributed by atoms with Gasteiger partial charge in [-0.05, 0) is 24.6 Å². The maximum absolute atomic E-state index is 12.1. The summed E-state index contributed by atoms with van der Waals surface area (Å²) >= 11 is 1.10. The fraction of sp³-hybridized carbons (Fsp3) is 0.118. The van der Waals surface area contributed by atoms with Gasteiger partial charge in [0, 0.05) is 12.1 Å². The molecule has 27 heavy (non-hydrogen) atoms. The lowest BCUT2D eigenvalue weighted by molar-refractivity contribution is -0.384. The van der Waals surface area contributed by atoms with Crippen LogP contribution >= 0.6 is 11.8 Å². The highest BCUT2D eigenvalue weighted by atomic mass is 32.2. The summed E-state index contributed by atoms with van der Waals surface area (Å²) in [6, 6.07) is 11.0. The van der Waals surface area contributed by atoms with Crippen molar-refractivity contribution < 1.29 is 14.8 Å². The predicted octanol–water partition coefficient (Wildman–Crippen LogP) is 3.12. The van der Waals surface area contributed by atoms with E-state index in [9.17, 15) is 20.0 Å². The molecule has 3 N–H and O–H groups in total. The Hall–Kier alpha value is -3.40. The second-order valence-electron chi connectivity index (χ2n) is 5.58. The number of benzene rings is 2. The third-order valence-corrected chi connectivity index (χ3v) is 4.51. The van der Waals surface area contributed by atoms with Crippen molar-refractivity contribution in [3.63, 3.8) is 0 Å². The number of hydrogen-bond acceptors (Lipinski definition) is 7. The molecule has 0 spiro atoms. The van der Waals surface area contributed by atoms with Crippen LogP contribution < -0.4 is 5.32 Å². The molecular weight excluding hydrogens is 370 g/mol. The zero-order valence-corrected chi connectivity index (χ0v) is 15.0. The van der Waals surface area contributed by atoms with E-state index in [-0.39, 0.29) is 23.1 Å². The van der Waals surface area contributed by atoms with Crippen LogP contribution in [0.1, 0.15) is 5.56 Å². The van der Waals surface area contributed by atoms with Gasteiger partial charge in [-0.25, -0.2) is 4.98 Å². The minimum absolute atomic E-state index is 0.0280. The van der Waals surface area contributed by atoms with Crippen molar-refractivity contribution in [2.45, 2.75) is 12.1 Å². The van der Waals surface area contributed by atoms with Crippen LogP contribution in [0.2, 0.25) is 0 Å². The molecule has 0 bridgehead atoms. The summed E-state index contributed by atoms with van der Waals surface area (Å²) in [7, 11) is 0. The predicted molar refractivity (Wildman–Crippen MR) is 101 cm³/mol. The summed E-state index contributed by atoms with van der Waals surface area (Å²) in [5.41, 5.74) is 1.52. The maximum Gasteiger partial charge on any atom is 0.271 e. The number of rotatable bonds is 6. The Kier molecular flexibility index (Phi) is 5.36. The topological polar surface area (TPSA) is 134 Å². The number of phenolic OH excluding ortho intramolecular Hbond substituents is 1. The molecule has 1 amide bonds. The number of anilines is 1. The van der Waals surface area contributed by atoms with E-state index in [0.717, 1.165) is 17.3 Å². The minimum atomic E-state index is -0.516. The SMILES string of the molecule is Cc1ccc([N+](=O)[O-])cc1NC(=O)CSc1n[nH]c(-c2ccccc2O)n1. The van der Waals surface area contributed by atoms with E-state index in [4.69, 9.17) is 0 Å². The van der Waals surface area contributed by atoms with Crippen LogP contribution in [0.3, 0.4) is 0 Å². The molecule has 1 heterocycles. The van der Waals surface area contributed by atoms with Crippen molar-refractivity contribution in [1.82, 2.24) is 15.2 Å². The number of carbonyl (C=O) groups excluding carboxylic acids is 1. The normalized spacial score (nSPS) is 10.6. The molecule has 9 nitrogen and oxygen atoms in total. The number of para-hydroxylation sites is 1. The van der Waals surface area contributed by atoms with Crippen molar-refractivity contribution in [2.24, 2.45) is 0 Å². The summed E-state index contributed by atoms with van der Waals surface area (Å²) in [6.45, 7) is 1.75. The van der Waals surface area contributed by atoms with E-state index < -0.39 is 4.92 Å². The highest BCUT2D eigenvalue weighted by Crippen LogP contribution is 2.27. The fourth-order valence-electron chi connectivity index (χ4n) is 2.28. The van der Waals surface area contributed by atoms with Gasteiger partial charge in [0.05, 0.1) is 21.9 Å². The number of nitrogens with zero attached hydrogens (tertiary/aromatic N) is 3. The van der Waals surface area contributed by atoms with Crippen LogP contribution in [0.25, 0.3) is 11.4 Å². The van der Waals surface area contributed by atoms with Crippen molar-refractivity contribution in [3.05, 3.63) is 58.1 Å². The summed E-state index contributed by atoms with van der Waals surface area (Å²) < 4.78 is 0. The summed E-state index contributed by atoms with van der Waals surface area (Å²) in [5.74, 6) is 0.160. The smallest absolute Gasteiger partial charge is 0.271 e. The number of amides is 1. The number of nitrogens with one attached hydrogen (secondary N) is 2. The van der Waals surface area contributed by atoms with Crippen LogP contribution in [-0.2, 0) is 4.79 Å². The van der Waals surface area contributed by atoms with Gasteiger partial charge in [0.1, 0.15) is 5.75 Å². The van der Waals surface area contributed by atoms with E-state index in [1.54, 1.807) is 37.3 Å². The van der Waals surface area contributed by atoms with Crippen molar-refractivity contribution in [2.75, 3.05) is 11.1 Å². The molecule has 0 saturated heterocycles. The van der Waals surface area contributed by atoms with Crippen LogP contribution in [-0.4, -0.2) is 36.9 Å². The van der Waals surface area contributed by atoms with Gasteiger partial charge in [-0.3, -0.25) is 20.0 Å². The Bertz CT molecular complexity index is 1000. The summed E-state index contributed by atoms with van der Waals surface area (Å²) in [4.78, 5) is 26.7. The Morgan fingerprint density at radius 3 is 2.85 bits per heavy atom. The zero-order valence-electron chi connectivity index (χ0n) is 14.2. The molecule has 1 aromatic heterocycles. The van der Waals surface area contributed by atoms with Gasteiger partial charge >= 0.3 is 0 Å². The molecule has 0 fully saturated rings. The number of hydrogen-bond donors (Lipinski definition) is 3. The van der Waals surface area contributed by atoms with Gasteiger partial charge in [-0.15, -0.1) is 5.10 Å². The molecule has 10 heteroatoms. The third kappa shape index (κ3) is 4.42. The number of nitro benzene ring substituents is 1. The summed E-state index contributed by atoms with van der Waals surface area (Å²) in [6.07, 6.45) is 0. The Morgan fingerprint density at radius 2 is 2.11 bits per heavy atom. The fourth-order valence-corrected chi connectivity index (χ4v) is 2.88. The van der Waals surface area contributed by atoms with Crippen LogP contribution in [0.5, 0.6) is 5.75 Å². The Balaban J connectivity index is 1.63. The minimum Gasteiger partial charge on any atom is -0.507 e. The van der Waals surface area contributed by atoms with Gasteiger partial charge in [0.15, 0.2) is 5.82 Å². The van der Waals surface area contributed by atoms with E-state index in [0.29, 0.717) is 22.2 Å².